The summed E-state index contributed by atoms with van der Waals surface area (Å²) in [4.78, 5) is 45.2. The van der Waals surface area contributed by atoms with Gasteiger partial charge in [-0.3, -0.25) is 14.4 Å². The van der Waals surface area contributed by atoms with Gasteiger partial charge < -0.3 is 20.3 Å². The van der Waals surface area contributed by atoms with E-state index in [1.54, 1.807) is 0 Å². The summed E-state index contributed by atoms with van der Waals surface area (Å²) in [7, 11) is 0. The van der Waals surface area contributed by atoms with Crippen molar-refractivity contribution in [1.82, 2.24) is 5.32 Å². The fourth-order valence-electron chi connectivity index (χ4n) is 4.66. The van der Waals surface area contributed by atoms with Crippen LogP contribution in [0.1, 0.15) is 129 Å². The molecule has 0 aromatic rings. The van der Waals surface area contributed by atoms with E-state index in [-0.39, 0.29) is 30.1 Å². The number of carbonyl (C=O) groups is 4. The molecule has 0 aromatic carbocycles. The number of nitrogens with one attached hydrogen (secondary N) is 1. The number of hydrogen-bond acceptors (Lipinski definition) is 5. The van der Waals surface area contributed by atoms with Crippen molar-refractivity contribution in [3.63, 3.8) is 0 Å². The van der Waals surface area contributed by atoms with E-state index in [1.165, 1.54) is 64.7 Å². The average molecular weight is 482 g/mol. The van der Waals surface area contributed by atoms with Crippen molar-refractivity contribution >= 4 is 23.5 Å². The lowest BCUT2D eigenvalue weighted by Gasteiger charge is -2.09. The number of carboxylic acid groups (broad SMARTS) is 2. The molecule has 1 saturated heterocycles. The highest BCUT2D eigenvalue weighted by atomic mass is 16.4. The number of carboxylic acids is 2. The molecule has 196 valence electrons. The summed E-state index contributed by atoms with van der Waals surface area (Å²) in [5, 5.41) is 21.1. The van der Waals surface area contributed by atoms with Crippen LogP contribution in [0.4, 0.5) is 0 Å². The second-order valence-corrected chi connectivity index (χ2v) is 10.1. The maximum Gasteiger partial charge on any atom is 0.308 e. The molecule has 34 heavy (non-hydrogen) atoms. The number of unbranched alkanes of at least 4 members (excludes halogenated alkanes) is 13. The topological polar surface area (TPSA) is 131 Å². The van der Waals surface area contributed by atoms with Crippen LogP contribution in [0, 0.1) is 5.92 Å². The Morgan fingerprint density at radius 1 is 0.676 bits per heavy atom. The molecule has 2 unspecified atom stereocenters. The summed E-state index contributed by atoms with van der Waals surface area (Å²) in [6.07, 6.45) is 18.1. The van der Waals surface area contributed by atoms with Gasteiger partial charge in [0.15, 0.2) is 0 Å². The van der Waals surface area contributed by atoms with E-state index in [1.807, 2.05) is 0 Å². The Labute approximate surface area is 205 Å². The summed E-state index contributed by atoms with van der Waals surface area (Å²) in [5.74, 6) is -1.96. The van der Waals surface area contributed by atoms with Crippen molar-refractivity contribution in [2.24, 2.45) is 5.92 Å². The fraction of sp³-hybridized carbons (Fsp3) is 0.852. The van der Waals surface area contributed by atoms with Crippen molar-refractivity contribution in [1.29, 1.82) is 0 Å². The minimum Gasteiger partial charge on any atom is -0.481 e. The van der Waals surface area contributed by atoms with E-state index < -0.39 is 17.9 Å². The Morgan fingerprint density at radius 2 is 1.12 bits per heavy atom. The lowest BCUT2D eigenvalue weighted by Crippen LogP contribution is -2.23. The van der Waals surface area contributed by atoms with Crippen molar-refractivity contribution in [2.45, 2.75) is 141 Å². The second kappa shape index (κ2) is 18.6. The standard InChI is InChI=1S/C27H47NO6/c1-21(29)18-19-23(27(33)34)26-24(28-26)20-22(30)16-14-12-10-8-6-4-2-3-5-7-9-11-13-15-17-25(31)32/h23-24,26,28H,2-20H2,1H3,(H,31,32)(H,33,34)/t23-,24?,26?/m1/s1. The molecule has 7 nitrogen and oxygen atoms in total. The third-order valence-electron chi connectivity index (χ3n) is 6.83. The molecule has 3 atom stereocenters. The van der Waals surface area contributed by atoms with E-state index in [0.29, 0.717) is 25.7 Å². The summed E-state index contributed by atoms with van der Waals surface area (Å²) in [5.41, 5.74) is 0. The lowest BCUT2D eigenvalue weighted by atomic mass is 9.94. The van der Waals surface area contributed by atoms with E-state index >= 15 is 0 Å². The maximum absolute atomic E-state index is 12.2. The highest BCUT2D eigenvalue weighted by Crippen LogP contribution is 2.28. The third kappa shape index (κ3) is 16.0. The molecule has 0 amide bonds. The Kier molecular flexibility index (Phi) is 16.5. The Balaban J connectivity index is 1.88. The quantitative estimate of drug-likeness (QED) is 0.119. The Bertz CT molecular complexity index is 620. The molecule has 1 aliphatic heterocycles. The van der Waals surface area contributed by atoms with Crippen molar-refractivity contribution in [3.05, 3.63) is 0 Å². The van der Waals surface area contributed by atoms with Gasteiger partial charge in [0.25, 0.3) is 0 Å². The Hall–Kier alpha value is -1.76. The second-order valence-electron chi connectivity index (χ2n) is 10.1. The molecule has 7 heteroatoms. The first kappa shape index (κ1) is 30.3. The highest BCUT2D eigenvalue weighted by Gasteiger charge is 2.45. The predicted molar refractivity (Wildman–Crippen MR) is 133 cm³/mol. The maximum atomic E-state index is 12.2. The van der Waals surface area contributed by atoms with Crippen molar-refractivity contribution < 1.29 is 29.4 Å². The normalized spacial score (nSPS) is 17.9. The molecule has 0 saturated carbocycles. The first-order chi connectivity index (χ1) is 16.3. The SMILES string of the molecule is CC(=O)CC[C@@H](C(=O)O)C1NC1CC(=O)CCCCCCCCCCCCCCCCC(=O)O. The zero-order chi connectivity index (χ0) is 25.2. The molecule has 0 radical (unpaired) electrons. The molecule has 3 N–H and O–H groups in total. The van der Waals surface area contributed by atoms with Crippen LogP contribution in [0.5, 0.6) is 0 Å². The van der Waals surface area contributed by atoms with Crippen LogP contribution in [-0.2, 0) is 19.2 Å². The molecule has 0 spiro atoms. The number of ketones is 2. The number of carbonyl (C=O) groups excluding carboxylic acids is 2. The van der Waals surface area contributed by atoms with Crippen LogP contribution in [0.15, 0.2) is 0 Å². The molecule has 0 aromatic heterocycles. The van der Waals surface area contributed by atoms with Crippen LogP contribution < -0.4 is 5.32 Å². The molecule has 1 heterocycles. The van der Waals surface area contributed by atoms with Gasteiger partial charge in [-0.15, -0.1) is 0 Å². The van der Waals surface area contributed by atoms with Crippen molar-refractivity contribution in [3.8, 4) is 0 Å². The average Bonchev–Trinajstić information content (AvgIpc) is 3.51. The number of rotatable bonds is 24. The molecule has 1 fully saturated rings. The number of Topliss-reactive ketones (excluding diaryl/α,β-unsaturated/α-hetero) is 2. The zero-order valence-corrected chi connectivity index (χ0v) is 21.2. The zero-order valence-electron chi connectivity index (χ0n) is 21.2. The molecular formula is C27H47NO6. The molecule has 0 bridgehead atoms. The van der Waals surface area contributed by atoms with E-state index in [4.69, 9.17) is 5.11 Å². The largest absolute Gasteiger partial charge is 0.481 e. The Morgan fingerprint density at radius 3 is 1.53 bits per heavy atom. The minimum atomic E-state index is -0.890. The number of aliphatic carboxylic acids is 2. The fourth-order valence-corrected chi connectivity index (χ4v) is 4.66. The smallest absolute Gasteiger partial charge is 0.308 e. The minimum absolute atomic E-state index is 0.00201. The summed E-state index contributed by atoms with van der Waals surface area (Å²) >= 11 is 0. The van der Waals surface area contributed by atoms with Gasteiger partial charge >= 0.3 is 11.9 Å². The van der Waals surface area contributed by atoms with Gasteiger partial charge in [-0.2, -0.15) is 0 Å². The first-order valence-electron chi connectivity index (χ1n) is 13.5. The van der Waals surface area contributed by atoms with Crippen LogP contribution in [0.3, 0.4) is 0 Å². The van der Waals surface area contributed by atoms with Gasteiger partial charge in [-0.25, -0.2) is 0 Å². The van der Waals surface area contributed by atoms with Crippen LogP contribution in [-0.4, -0.2) is 45.8 Å². The highest BCUT2D eigenvalue weighted by molar-refractivity contribution is 5.80. The van der Waals surface area contributed by atoms with Gasteiger partial charge in [0.05, 0.1) is 5.92 Å². The van der Waals surface area contributed by atoms with Crippen LogP contribution >= 0.6 is 0 Å². The monoisotopic (exact) mass is 481 g/mol. The molecule has 0 aliphatic carbocycles. The van der Waals surface area contributed by atoms with Crippen molar-refractivity contribution in [2.75, 3.05) is 0 Å². The summed E-state index contributed by atoms with van der Waals surface area (Å²) in [6, 6.07) is -0.220. The summed E-state index contributed by atoms with van der Waals surface area (Å²) in [6.45, 7) is 1.47. The van der Waals surface area contributed by atoms with Gasteiger partial charge in [-0.1, -0.05) is 77.0 Å². The van der Waals surface area contributed by atoms with Crippen LogP contribution in [0.25, 0.3) is 0 Å². The summed E-state index contributed by atoms with van der Waals surface area (Å²) < 4.78 is 0. The van der Waals surface area contributed by atoms with Gasteiger partial charge in [0.1, 0.15) is 11.6 Å². The molecule has 1 rings (SSSR count). The van der Waals surface area contributed by atoms with Crippen LogP contribution in [0.2, 0.25) is 0 Å². The van der Waals surface area contributed by atoms with Gasteiger partial charge in [0, 0.05) is 37.8 Å². The predicted octanol–water partition coefficient (Wildman–Crippen LogP) is 5.68. The molecule has 1 aliphatic rings. The molecular weight excluding hydrogens is 434 g/mol. The first-order valence-corrected chi connectivity index (χ1v) is 13.5. The third-order valence-corrected chi connectivity index (χ3v) is 6.83. The lowest BCUT2D eigenvalue weighted by molar-refractivity contribution is -0.142. The van der Waals surface area contributed by atoms with E-state index in [2.05, 4.69) is 5.32 Å². The van der Waals surface area contributed by atoms with E-state index in [9.17, 15) is 24.3 Å². The van der Waals surface area contributed by atoms with Gasteiger partial charge in [0.2, 0.25) is 0 Å². The number of hydrogen-bond donors (Lipinski definition) is 3. The van der Waals surface area contributed by atoms with E-state index in [0.717, 1.165) is 32.1 Å². The van der Waals surface area contributed by atoms with Gasteiger partial charge in [-0.05, 0) is 26.2 Å².